The fourth-order valence-electron chi connectivity index (χ4n) is 4.44. The van der Waals surface area contributed by atoms with E-state index in [1.54, 1.807) is 45.2 Å². The fraction of sp³-hybridized carbons (Fsp3) is 0.296. The molecule has 37 heavy (non-hydrogen) atoms. The van der Waals surface area contributed by atoms with E-state index in [9.17, 15) is 9.59 Å². The molecule has 0 amide bonds. The molecule has 5 rings (SSSR count). The highest BCUT2D eigenvalue weighted by Gasteiger charge is 2.35. The number of benzene rings is 2. The van der Waals surface area contributed by atoms with Crippen LogP contribution < -0.4 is 33.8 Å². The lowest BCUT2D eigenvalue weighted by Gasteiger charge is -2.26. The Morgan fingerprint density at radius 2 is 1.92 bits per heavy atom. The van der Waals surface area contributed by atoms with Gasteiger partial charge in [-0.1, -0.05) is 17.4 Å². The highest BCUT2D eigenvalue weighted by Crippen LogP contribution is 2.38. The van der Waals surface area contributed by atoms with Crippen molar-refractivity contribution < 1.29 is 28.5 Å². The van der Waals surface area contributed by atoms with Gasteiger partial charge in [0.1, 0.15) is 30.8 Å². The van der Waals surface area contributed by atoms with Crippen LogP contribution in [0.5, 0.6) is 23.0 Å². The van der Waals surface area contributed by atoms with E-state index in [0.29, 0.717) is 56.8 Å². The summed E-state index contributed by atoms with van der Waals surface area (Å²) in [7, 11) is 3.09. The average molecular weight is 523 g/mol. The lowest BCUT2D eigenvalue weighted by molar-refractivity contribution is -0.139. The number of methoxy groups -OCH3 is 2. The number of allylic oxidation sites excluding steroid dienone is 1. The van der Waals surface area contributed by atoms with Gasteiger partial charge in [0.15, 0.2) is 16.3 Å². The largest absolute Gasteiger partial charge is 0.497 e. The van der Waals surface area contributed by atoms with Crippen molar-refractivity contribution in [2.45, 2.75) is 19.9 Å². The topological polar surface area (TPSA) is 97.6 Å². The molecular formula is C27H26N2O7S. The third-order valence-corrected chi connectivity index (χ3v) is 7.10. The summed E-state index contributed by atoms with van der Waals surface area (Å²) in [5.74, 6) is 1.83. The van der Waals surface area contributed by atoms with E-state index in [-0.39, 0.29) is 17.7 Å². The molecule has 1 unspecified atom stereocenters. The molecule has 0 spiro atoms. The molecule has 3 aromatic rings. The predicted molar refractivity (Wildman–Crippen MR) is 137 cm³/mol. The van der Waals surface area contributed by atoms with Crippen molar-refractivity contribution in [2.75, 3.05) is 34.0 Å². The first-order valence-electron chi connectivity index (χ1n) is 11.8. The Balaban J connectivity index is 1.72. The maximum absolute atomic E-state index is 13.9. The van der Waals surface area contributed by atoms with Gasteiger partial charge in [0.05, 0.1) is 36.6 Å². The average Bonchev–Trinajstić information content (AvgIpc) is 3.21. The summed E-state index contributed by atoms with van der Waals surface area (Å²) >= 11 is 1.24. The van der Waals surface area contributed by atoms with Crippen molar-refractivity contribution in [3.8, 4) is 23.0 Å². The normalized spacial score (nSPS) is 16.6. The number of carbonyl (C=O) groups excluding carboxylic acids is 1. The number of fused-ring (bicyclic) bond motifs is 2. The molecule has 2 aliphatic heterocycles. The van der Waals surface area contributed by atoms with Crippen LogP contribution in [0.1, 0.15) is 31.0 Å². The van der Waals surface area contributed by atoms with Crippen LogP contribution in [-0.2, 0) is 9.53 Å². The highest BCUT2D eigenvalue weighted by molar-refractivity contribution is 7.07. The number of carbonyl (C=O) groups is 1. The monoisotopic (exact) mass is 522 g/mol. The van der Waals surface area contributed by atoms with Gasteiger partial charge >= 0.3 is 5.97 Å². The molecule has 2 aromatic carbocycles. The molecule has 0 radical (unpaired) electrons. The Morgan fingerprint density at radius 1 is 1.14 bits per heavy atom. The Morgan fingerprint density at radius 3 is 2.65 bits per heavy atom. The number of nitrogens with zero attached hydrogens (tertiary/aromatic N) is 2. The van der Waals surface area contributed by atoms with Gasteiger partial charge in [-0.05, 0) is 55.8 Å². The number of esters is 1. The second kappa shape index (κ2) is 10.1. The van der Waals surface area contributed by atoms with Crippen molar-refractivity contribution in [3.05, 3.63) is 78.5 Å². The van der Waals surface area contributed by atoms with E-state index in [2.05, 4.69) is 4.99 Å². The van der Waals surface area contributed by atoms with Gasteiger partial charge in [0, 0.05) is 5.56 Å². The molecule has 1 aromatic heterocycles. The van der Waals surface area contributed by atoms with Crippen LogP contribution in [0.15, 0.2) is 57.5 Å². The number of ether oxygens (including phenoxy) is 5. The van der Waals surface area contributed by atoms with Gasteiger partial charge in [-0.25, -0.2) is 9.79 Å². The molecule has 10 heteroatoms. The minimum Gasteiger partial charge on any atom is -0.497 e. The van der Waals surface area contributed by atoms with Crippen molar-refractivity contribution in [2.24, 2.45) is 4.99 Å². The molecule has 2 aliphatic rings. The van der Waals surface area contributed by atoms with Crippen LogP contribution in [0.4, 0.5) is 0 Å². The summed E-state index contributed by atoms with van der Waals surface area (Å²) in [5.41, 5.74) is 1.83. The minimum absolute atomic E-state index is 0.187. The fourth-order valence-corrected chi connectivity index (χ4v) is 5.49. The van der Waals surface area contributed by atoms with Crippen molar-refractivity contribution in [1.29, 1.82) is 0 Å². The molecule has 0 bridgehead atoms. The molecule has 1 atom stereocenters. The second-order valence-electron chi connectivity index (χ2n) is 8.31. The molecule has 0 aliphatic carbocycles. The van der Waals surface area contributed by atoms with Gasteiger partial charge < -0.3 is 23.7 Å². The van der Waals surface area contributed by atoms with Gasteiger partial charge in [-0.15, -0.1) is 0 Å². The first-order valence-corrected chi connectivity index (χ1v) is 12.6. The van der Waals surface area contributed by atoms with Gasteiger partial charge in [-0.3, -0.25) is 9.36 Å². The number of thiazole rings is 1. The Bertz CT molecular complexity index is 1580. The van der Waals surface area contributed by atoms with Crippen LogP contribution in [0, 0.1) is 0 Å². The summed E-state index contributed by atoms with van der Waals surface area (Å²) in [5, 5.41) is 0. The first kappa shape index (κ1) is 24.6. The lowest BCUT2D eigenvalue weighted by Crippen LogP contribution is -2.40. The third kappa shape index (κ3) is 4.48. The Hall–Kier alpha value is -4.05. The molecular weight excluding hydrogens is 496 g/mol. The summed E-state index contributed by atoms with van der Waals surface area (Å²) in [6.45, 7) is 4.63. The smallest absolute Gasteiger partial charge is 0.338 e. The van der Waals surface area contributed by atoms with E-state index in [4.69, 9.17) is 23.7 Å². The summed E-state index contributed by atoms with van der Waals surface area (Å²) in [6, 6.07) is 9.98. The van der Waals surface area contributed by atoms with Crippen LogP contribution in [0.25, 0.3) is 6.08 Å². The first-order chi connectivity index (χ1) is 17.9. The van der Waals surface area contributed by atoms with Gasteiger partial charge in [-0.2, -0.15) is 0 Å². The number of aromatic nitrogens is 1. The standard InChI is InChI=1S/C27H26N2O7S/c1-5-34-26(31)23-15(2)28-27-29(24(23)18-14-17(32-3)7-9-19(18)33-4)25(30)22(37-27)13-16-6-8-20-21(12-16)36-11-10-35-20/h6-9,12-14,24H,5,10-11H2,1-4H3. The van der Waals surface area contributed by atoms with Crippen LogP contribution in [0.2, 0.25) is 0 Å². The van der Waals surface area contributed by atoms with Crippen LogP contribution >= 0.6 is 11.3 Å². The SMILES string of the molecule is CCOC(=O)C1=C(C)N=c2sc(=Cc3ccc4c(c3)OCCO4)c(=O)n2C1c1cc(OC)ccc1OC. The summed E-state index contributed by atoms with van der Waals surface area (Å²) < 4.78 is 29.7. The second-order valence-corrected chi connectivity index (χ2v) is 9.32. The minimum atomic E-state index is -0.817. The Kier molecular flexibility index (Phi) is 6.75. The van der Waals surface area contributed by atoms with E-state index in [1.165, 1.54) is 23.0 Å². The van der Waals surface area contributed by atoms with Crippen molar-refractivity contribution >= 4 is 23.4 Å². The van der Waals surface area contributed by atoms with Crippen LogP contribution in [0.3, 0.4) is 0 Å². The zero-order valence-corrected chi connectivity index (χ0v) is 21.7. The van der Waals surface area contributed by atoms with E-state index in [1.807, 2.05) is 18.2 Å². The lowest BCUT2D eigenvalue weighted by atomic mass is 9.94. The molecule has 3 heterocycles. The molecule has 0 fully saturated rings. The summed E-state index contributed by atoms with van der Waals surface area (Å²) in [4.78, 5) is 32.1. The molecule has 0 N–H and O–H groups in total. The maximum Gasteiger partial charge on any atom is 0.338 e. The maximum atomic E-state index is 13.9. The number of hydrogen-bond donors (Lipinski definition) is 0. The molecule has 0 saturated carbocycles. The van der Waals surface area contributed by atoms with Gasteiger partial charge in [0.2, 0.25) is 0 Å². The van der Waals surface area contributed by atoms with E-state index >= 15 is 0 Å². The number of rotatable bonds is 6. The third-order valence-electron chi connectivity index (χ3n) is 6.11. The quantitative estimate of drug-likeness (QED) is 0.459. The molecule has 0 saturated heterocycles. The molecule has 9 nitrogen and oxygen atoms in total. The van der Waals surface area contributed by atoms with E-state index < -0.39 is 12.0 Å². The van der Waals surface area contributed by atoms with Crippen molar-refractivity contribution in [3.63, 3.8) is 0 Å². The predicted octanol–water partition coefficient (Wildman–Crippen LogP) is 2.59. The summed E-state index contributed by atoms with van der Waals surface area (Å²) in [6.07, 6.45) is 1.78. The molecule has 192 valence electrons. The zero-order valence-electron chi connectivity index (χ0n) is 20.9. The van der Waals surface area contributed by atoms with E-state index in [0.717, 1.165) is 5.56 Å². The Labute approximate surface area is 216 Å². The van der Waals surface area contributed by atoms with Crippen LogP contribution in [-0.4, -0.2) is 44.6 Å². The van der Waals surface area contributed by atoms with Gasteiger partial charge in [0.25, 0.3) is 5.56 Å². The number of hydrogen-bond acceptors (Lipinski definition) is 9. The van der Waals surface area contributed by atoms with Crippen molar-refractivity contribution in [1.82, 2.24) is 4.57 Å². The highest BCUT2D eigenvalue weighted by atomic mass is 32.1. The zero-order chi connectivity index (χ0) is 26.1.